The van der Waals surface area contributed by atoms with Crippen molar-refractivity contribution in [1.29, 1.82) is 0 Å². The zero-order chi connectivity index (χ0) is 28.1. The fourth-order valence-electron chi connectivity index (χ4n) is 4.29. The van der Waals surface area contributed by atoms with Crippen LogP contribution in [0.5, 0.6) is 5.75 Å². The Kier molecular flexibility index (Phi) is 6.43. The molecule has 0 spiro atoms. The predicted octanol–water partition coefficient (Wildman–Crippen LogP) is 5.85. The molecule has 2 aliphatic rings. The summed E-state index contributed by atoms with van der Waals surface area (Å²) in [7, 11) is 0. The molecule has 39 heavy (non-hydrogen) atoms. The van der Waals surface area contributed by atoms with Crippen molar-refractivity contribution >= 4 is 57.7 Å². The summed E-state index contributed by atoms with van der Waals surface area (Å²) >= 11 is 0.732. The molecule has 5 rings (SSSR count). The number of hydrogen-bond acceptors (Lipinski definition) is 7. The molecule has 198 valence electrons. The Bertz CT molecular complexity index is 1610. The normalized spacial score (nSPS) is 17.3. The number of nitrogens with one attached hydrogen (secondary N) is 2. The van der Waals surface area contributed by atoms with Crippen molar-refractivity contribution in [2.75, 3.05) is 10.3 Å². The van der Waals surface area contributed by atoms with Gasteiger partial charge in [-0.05, 0) is 90.8 Å². The first kappa shape index (κ1) is 26.0. The van der Waals surface area contributed by atoms with Gasteiger partial charge in [-0.2, -0.15) is 18.3 Å². The van der Waals surface area contributed by atoms with Crippen LogP contribution in [-0.4, -0.2) is 27.9 Å². The van der Waals surface area contributed by atoms with Gasteiger partial charge in [0.15, 0.2) is 5.71 Å². The Hall–Kier alpha value is -4.58. The Labute approximate surface area is 224 Å². The lowest BCUT2D eigenvalue weighted by Gasteiger charge is -2.19. The summed E-state index contributed by atoms with van der Waals surface area (Å²) < 4.78 is 40.5. The van der Waals surface area contributed by atoms with Crippen molar-refractivity contribution in [3.63, 3.8) is 0 Å². The highest BCUT2D eigenvalue weighted by molar-refractivity contribution is 8.18. The number of phenols is 1. The highest BCUT2D eigenvalue weighted by Crippen LogP contribution is 2.41. The lowest BCUT2D eigenvalue weighted by Crippen LogP contribution is -2.26. The number of carbonyl (C=O) groups is 3. The minimum Gasteiger partial charge on any atom is -0.506 e. The SMILES string of the molecule is Cc1cc(C)cc(N2C(=O)/C(=N\Nc3ccc(/C=C4/SC(=O)NC4=O)cc3O)c3ccc(C(F)(F)F)cc32)c1. The molecule has 3 N–H and O–H groups in total. The van der Waals surface area contributed by atoms with Crippen LogP contribution in [0.4, 0.5) is 35.0 Å². The monoisotopic (exact) mass is 552 g/mol. The quantitative estimate of drug-likeness (QED) is 0.213. The number of hydrogen-bond donors (Lipinski definition) is 3. The molecule has 8 nitrogen and oxygen atoms in total. The number of amides is 3. The molecule has 1 saturated heterocycles. The summed E-state index contributed by atoms with van der Waals surface area (Å²) in [5.41, 5.74) is 4.38. The Balaban J connectivity index is 1.50. The maximum absolute atomic E-state index is 13.5. The first-order valence-electron chi connectivity index (χ1n) is 11.5. The van der Waals surface area contributed by atoms with Gasteiger partial charge < -0.3 is 5.11 Å². The maximum atomic E-state index is 13.5. The second-order valence-corrected chi connectivity index (χ2v) is 9.93. The van der Waals surface area contributed by atoms with Crippen molar-refractivity contribution in [1.82, 2.24) is 5.32 Å². The van der Waals surface area contributed by atoms with Crippen LogP contribution >= 0.6 is 11.8 Å². The van der Waals surface area contributed by atoms with Crippen molar-refractivity contribution < 1.29 is 32.7 Å². The third-order valence-corrected chi connectivity index (χ3v) is 6.75. The molecule has 2 aliphatic heterocycles. The minimum absolute atomic E-state index is 0.0356. The van der Waals surface area contributed by atoms with Gasteiger partial charge in [0, 0.05) is 11.3 Å². The smallest absolute Gasteiger partial charge is 0.416 e. The second-order valence-electron chi connectivity index (χ2n) is 8.92. The van der Waals surface area contributed by atoms with E-state index in [0.717, 1.165) is 35.0 Å². The molecule has 3 aromatic rings. The Morgan fingerprint density at radius 2 is 1.72 bits per heavy atom. The number of imide groups is 1. The van der Waals surface area contributed by atoms with Gasteiger partial charge >= 0.3 is 6.18 Å². The van der Waals surface area contributed by atoms with Crippen LogP contribution in [0.1, 0.15) is 27.8 Å². The van der Waals surface area contributed by atoms with Gasteiger partial charge in [-0.1, -0.05) is 12.1 Å². The van der Waals surface area contributed by atoms with Crippen LogP contribution in [0.2, 0.25) is 0 Å². The molecule has 0 radical (unpaired) electrons. The number of anilines is 3. The van der Waals surface area contributed by atoms with Crippen LogP contribution in [0, 0.1) is 13.8 Å². The Morgan fingerprint density at radius 1 is 1.00 bits per heavy atom. The molecule has 1 fully saturated rings. The predicted molar refractivity (Wildman–Crippen MR) is 142 cm³/mol. The number of rotatable bonds is 4. The first-order valence-corrected chi connectivity index (χ1v) is 12.3. The highest BCUT2D eigenvalue weighted by Gasteiger charge is 2.39. The highest BCUT2D eigenvalue weighted by atomic mass is 32.2. The summed E-state index contributed by atoms with van der Waals surface area (Å²) in [5, 5.41) is 16.3. The van der Waals surface area contributed by atoms with Crippen molar-refractivity contribution in [3.8, 4) is 5.75 Å². The van der Waals surface area contributed by atoms with Crippen LogP contribution in [0.3, 0.4) is 0 Å². The lowest BCUT2D eigenvalue weighted by atomic mass is 10.1. The molecular formula is C27H19F3N4O4S. The third kappa shape index (κ3) is 5.10. The van der Waals surface area contributed by atoms with E-state index in [1.807, 2.05) is 19.9 Å². The van der Waals surface area contributed by atoms with E-state index in [-0.39, 0.29) is 33.3 Å². The van der Waals surface area contributed by atoms with Gasteiger partial charge in [-0.3, -0.25) is 30.0 Å². The summed E-state index contributed by atoms with van der Waals surface area (Å²) in [4.78, 5) is 37.9. The molecule has 3 amide bonds. The van der Waals surface area contributed by atoms with Gasteiger partial charge in [-0.25, -0.2) is 0 Å². The maximum Gasteiger partial charge on any atom is 0.416 e. The van der Waals surface area contributed by atoms with Crippen LogP contribution < -0.4 is 15.6 Å². The van der Waals surface area contributed by atoms with Crippen LogP contribution in [0.25, 0.3) is 6.08 Å². The number of aryl methyl sites for hydroxylation is 2. The third-order valence-electron chi connectivity index (χ3n) is 5.94. The zero-order valence-electron chi connectivity index (χ0n) is 20.4. The fourth-order valence-corrected chi connectivity index (χ4v) is 4.97. The van der Waals surface area contributed by atoms with E-state index in [4.69, 9.17) is 0 Å². The van der Waals surface area contributed by atoms with E-state index in [1.54, 1.807) is 18.2 Å². The molecule has 0 aliphatic carbocycles. The topological polar surface area (TPSA) is 111 Å². The van der Waals surface area contributed by atoms with Gasteiger partial charge in [0.25, 0.3) is 17.1 Å². The molecule has 0 aromatic heterocycles. The van der Waals surface area contributed by atoms with Crippen LogP contribution in [-0.2, 0) is 15.8 Å². The minimum atomic E-state index is -4.61. The number of nitrogens with zero attached hydrogens (tertiary/aromatic N) is 2. The number of benzene rings is 3. The van der Waals surface area contributed by atoms with Crippen molar-refractivity contribution in [2.45, 2.75) is 20.0 Å². The number of aromatic hydroxyl groups is 1. The molecule has 3 aromatic carbocycles. The van der Waals surface area contributed by atoms with Gasteiger partial charge in [-0.15, -0.1) is 0 Å². The van der Waals surface area contributed by atoms with Gasteiger partial charge in [0.2, 0.25) is 0 Å². The Morgan fingerprint density at radius 3 is 2.33 bits per heavy atom. The molecule has 0 atom stereocenters. The van der Waals surface area contributed by atoms with E-state index in [0.29, 0.717) is 11.3 Å². The fraction of sp³-hybridized carbons (Fsp3) is 0.111. The number of alkyl halides is 3. The number of fused-ring (bicyclic) bond motifs is 1. The first-order chi connectivity index (χ1) is 18.4. The molecule has 0 bridgehead atoms. The molecule has 0 saturated carbocycles. The molecule has 2 heterocycles. The van der Waals surface area contributed by atoms with Crippen LogP contribution in [0.15, 0.2) is 64.6 Å². The zero-order valence-corrected chi connectivity index (χ0v) is 21.2. The van der Waals surface area contributed by atoms with E-state index >= 15 is 0 Å². The van der Waals surface area contributed by atoms with Gasteiger partial charge in [0.05, 0.1) is 21.8 Å². The largest absolute Gasteiger partial charge is 0.506 e. The number of halogens is 3. The molecule has 12 heteroatoms. The van der Waals surface area contributed by atoms with Gasteiger partial charge in [0.1, 0.15) is 5.75 Å². The second kappa shape index (κ2) is 9.62. The lowest BCUT2D eigenvalue weighted by molar-refractivity contribution is -0.137. The summed E-state index contributed by atoms with van der Waals surface area (Å²) in [6.07, 6.45) is -3.19. The summed E-state index contributed by atoms with van der Waals surface area (Å²) in [5.74, 6) is -1.46. The van der Waals surface area contributed by atoms with E-state index in [9.17, 15) is 32.7 Å². The number of thioether (sulfide) groups is 1. The number of carbonyl (C=O) groups excluding carboxylic acids is 3. The average molecular weight is 553 g/mol. The number of hydrazone groups is 1. The van der Waals surface area contributed by atoms with E-state index < -0.39 is 28.8 Å². The summed E-state index contributed by atoms with van der Waals surface area (Å²) in [6, 6.07) is 12.6. The summed E-state index contributed by atoms with van der Waals surface area (Å²) in [6.45, 7) is 3.64. The molecule has 0 unspecified atom stereocenters. The molecular weight excluding hydrogens is 533 g/mol. The van der Waals surface area contributed by atoms with Crippen molar-refractivity contribution in [2.24, 2.45) is 5.10 Å². The van der Waals surface area contributed by atoms with E-state index in [1.165, 1.54) is 29.2 Å². The van der Waals surface area contributed by atoms with Crippen molar-refractivity contribution in [3.05, 3.63) is 87.3 Å². The van der Waals surface area contributed by atoms with E-state index in [2.05, 4.69) is 15.8 Å². The average Bonchev–Trinajstić information content (AvgIpc) is 3.30. The standard InChI is InChI=1S/C27H19F3N4O4S/c1-13-7-14(2)9-17(8-13)34-20-12-16(27(28,29)30)4-5-18(20)23(25(34)37)33-32-19-6-3-15(10-21(19)35)11-22-24(36)31-26(38)39-22/h3-12,32,35H,1-2H3,(H,31,36,38)/b22-11+,33-23-. The number of phenolic OH excluding ortho intramolecular Hbond substituents is 1.